The van der Waals surface area contributed by atoms with Gasteiger partial charge in [-0.1, -0.05) is 20.3 Å². The zero-order valence-corrected chi connectivity index (χ0v) is 7.89. The van der Waals surface area contributed by atoms with E-state index in [9.17, 15) is 8.42 Å². The zero-order valence-electron chi connectivity index (χ0n) is 7.08. The van der Waals surface area contributed by atoms with Gasteiger partial charge in [0.1, 0.15) is 0 Å². The molecule has 1 atom stereocenters. The first-order valence-corrected chi connectivity index (χ1v) is 4.99. The van der Waals surface area contributed by atoms with Crippen molar-refractivity contribution in [2.24, 2.45) is 0 Å². The fourth-order valence-electron chi connectivity index (χ4n) is 0.886. The van der Waals surface area contributed by atoms with Gasteiger partial charge < -0.3 is 6.15 Å². The predicted molar refractivity (Wildman–Crippen MR) is 45.6 cm³/mol. The molecule has 0 rings (SSSR count). The van der Waals surface area contributed by atoms with E-state index in [2.05, 4.69) is 0 Å². The first kappa shape index (κ1) is 13.5. The topological polar surface area (TPSA) is 89.4 Å². The highest BCUT2D eigenvalue weighted by Gasteiger charge is 2.18. The molecule has 4 nitrogen and oxygen atoms in total. The predicted octanol–water partition coefficient (Wildman–Crippen LogP) is 1.61. The minimum absolute atomic E-state index is 0. The van der Waals surface area contributed by atoms with Crippen molar-refractivity contribution < 1.29 is 13.0 Å². The molecule has 0 fully saturated rings. The fourth-order valence-corrected chi connectivity index (χ4v) is 1.84. The maximum Gasteiger partial charge on any atom is 0.267 e. The molecule has 0 radical (unpaired) electrons. The Morgan fingerprint density at radius 1 is 1.36 bits per heavy atom. The van der Waals surface area contributed by atoms with Gasteiger partial charge >= 0.3 is 0 Å². The van der Waals surface area contributed by atoms with Gasteiger partial charge in [0, 0.05) is 0 Å². The first-order valence-electron chi connectivity index (χ1n) is 3.48. The molecule has 0 aliphatic heterocycles. The largest absolute Gasteiger partial charge is 0.344 e. The lowest BCUT2D eigenvalue weighted by Crippen LogP contribution is -2.18. The van der Waals surface area contributed by atoms with Gasteiger partial charge in [0.15, 0.2) is 0 Å². The minimum atomic E-state index is -3.78. The van der Waals surface area contributed by atoms with E-state index in [1.165, 1.54) is 0 Å². The second-order valence-corrected chi connectivity index (χ2v) is 4.03. The van der Waals surface area contributed by atoms with Crippen molar-refractivity contribution in [3.05, 3.63) is 0 Å². The van der Waals surface area contributed by atoms with Crippen molar-refractivity contribution >= 4 is 10.1 Å². The lowest BCUT2D eigenvalue weighted by Gasteiger charge is -2.08. The van der Waals surface area contributed by atoms with Gasteiger partial charge in [-0.25, -0.2) is 0 Å². The van der Waals surface area contributed by atoms with Crippen LogP contribution < -0.4 is 6.15 Å². The Hall–Kier alpha value is -0.130. The van der Waals surface area contributed by atoms with Crippen LogP contribution in [0.4, 0.5) is 0 Å². The Kier molecular flexibility index (Phi) is 6.74. The summed E-state index contributed by atoms with van der Waals surface area (Å²) in [6, 6.07) is 0. The quantitative estimate of drug-likeness (QED) is 0.648. The number of hydrogen-bond donors (Lipinski definition) is 2. The SMILES string of the molecule is CCCC(CC)S(=O)(=O)O.N. The first-order chi connectivity index (χ1) is 4.52. The van der Waals surface area contributed by atoms with Crippen LogP contribution >= 0.6 is 0 Å². The van der Waals surface area contributed by atoms with Crippen LogP contribution in [0.25, 0.3) is 0 Å². The summed E-state index contributed by atoms with van der Waals surface area (Å²) in [5.74, 6) is 0. The molecular weight excluding hydrogens is 166 g/mol. The van der Waals surface area contributed by atoms with Crippen molar-refractivity contribution in [3.63, 3.8) is 0 Å². The van der Waals surface area contributed by atoms with Crippen molar-refractivity contribution in [1.29, 1.82) is 0 Å². The van der Waals surface area contributed by atoms with Crippen LogP contribution in [-0.2, 0) is 10.1 Å². The van der Waals surface area contributed by atoms with Crippen LogP contribution in [0.5, 0.6) is 0 Å². The van der Waals surface area contributed by atoms with Gasteiger partial charge in [-0.15, -0.1) is 0 Å². The van der Waals surface area contributed by atoms with Crippen molar-refractivity contribution in [1.82, 2.24) is 6.15 Å². The van der Waals surface area contributed by atoms with Crippen LogP contribution in [0.3, 0.4) is 0 Å². The summed E-state index contributed by atoms with van der Waals surface area (Å²) >= 11 is 0. The summed E-state index contributed by atoms with van der Waals surface area (Å²) in [5, 5.41) is -0.558. The molecule has 0 aliphatic rings. The highest BCUT2D eigenvalue weighted by Crippen LogP contribution is 2.09. The zero-order chi connectivity index (χ0) is 8.20. The smallest absolute Gasteiger partial charge is 0.267 e. The molecule has 0 bridgehead atoms. The second-order valence-electron chi connectivity index (χ2n) is 2.33. The standard InChI is InChI=1S/C6H14O3S.H3N/c1-3-5-6(4-2)10(7,8)9;/h6H,3-5H2,1-2H3,(H,7,8,9);1H3. The Labute approximate surface area is 68.3 Å². The Morgan fingerprint density at radius 2 is 1.82 bits per heavy atom. The van der Waals surface area contributed by atoms with Gasteiger partial charge in [0.25, 0.3) is 10.1 Å². The van der Waals surface area contributed by atoms with Gasteiger partial charge in [-0.05, 0) is 12.8 Å². The molecule has 0 saturated carbocycles. The van der Waals surface area contributed by atoms with E-state index < -0.39 is 15.4 Å². The fraction of sp³-hybridized carbons (Fsp3) is 1.00. The molecule has 0 heterocycles. The monoisotopic (exact) mass is 183 g/mol. The minimum Gasteiger partial charge on any atom is -0.344 e. The third-order valence-corrected chi connectivity index (χ3v) is 2.90. The summed E-state index contributed by atoms with van der Waals surface area (Å²) in [6.07, 6.45) is 1.83. The third kappa shape index (κ3) is 5.17. The highest BCUT2D eigenvalue weighted by atomic mass is 32.2. The Bertz CT molecular complexity index is 176. The van der Waals surface area contributed by atoms with Gasteiger partial charge in [-0.3, -0.25) is 4.55 Å². The van der Waals surface area contributed by atoms with E-state index in [4.69, 9.17) is 4.55 Å². The van der Waals surface area contributed by atoms with E-state index in [1.54, 1.807) is 6.92 Å². The van der Waals surface area contributed by atoms with Crippen molar-refractivity contribution in [2.75, 3.05) is 0 Å². The normalized spacial score (nSPS) is 13.7. The molecule has 0 saturated heterocycles. The lowest BCUT2D eigenvalue weighted by molar-refractivity contribution is 0.458. The van der Waals surface area contributed by atoms with E-state index in [0.717, 1.165) is 6.42 Å². The molecule has 0 spiro atoms. The molecular formula is C6H17NO3S. The van der Waals surface area contributed by atoms with Gasteiger partial charge in [0.05, 0.1) is 5.25 Å². The van der Waals surface area contributed by atoms with Gasteiger partial charge in [-0.2, -0.15) is 8.42 Å². The second kappa shape index (κ2) is 5.51. The van der Waals surface area contributed by atoms with Crippen LogP contribution in [0.15, 0.2) is 0 Å². The van der Waals surface area contributed by atoms with E-state index in [1.807, 2.05) is 6.92 Å². The Balaban J connectivity index is 0. The van der Waals surface area contributed by atoms with Crippen molar-refractivity contribution in [2.45, 2.75) is 38.4 Å². The summed E-state index contributed by atoms with van der Waals surface area (Å²) in [7, 11) is -3.78. The van der Waals surface area contributed by atoms with Crippen LogP contribution in [0.1, 0.15) is 33.1 Å². The number of hydrogen-bond acceptors (Lipinski definition) is 3. The third-order valence-electron chi connectivity index (χ3n) is 1.49. The summed E-state index contributed by atoms with van der Waals surface area (Å²) < 4.78 is 29.6. The average Bonchev–Trinajstić information content (AvgIpc) is 1.80. The molecule has 5 heteroatoms. The Morgan fingerprint density at radius 3 is 1.91 bits per heavy atom. The molecule has 0 aromatic rings. The van der Waals surface area contributed by atoms with Crippen LogP contribution in [0.2, 0.25) is 0 Å². The van der Waals surface area contributed by atoms with Gasteiger partial charge in [0.2, 0.25) is 0 Å². The van der Waals surface area contributed by atoms with Crippen LogP contribution in [-0.4, -0.2) is 18.2 Å². The maximum absolute atomic E-state index is 10.5. The molecule has 0 aromatic heterocycles. The molecule has 1 unspecified atom stereocenters. The molecule has 0 aromatic carbocycles. The molecule has 0 amide bonds. The van der Waals surface area contributed by atoms with E-state index >= 15 is 0 Å². The number of rotatable bonds is 4. The average molecular weight is 183 g/mol. The lowest BCUT2D eigenvalue weighted by atomic mass is 10.2. The van der Waals surface area contributed by atoms with Crippen LogP contribution in [0, 0.1) is 0 Å². The molecule has 4 N–H and O–H groups in total. The summed E-state index contributed by atoms with van der Waals surface area (Å²) in [4.78, 5) is 0. The summed E-state index contributed by atoms with van der Waals surface area (Å²) in [5.41, 5.74) is 0. The van der Waals surface area contributed by atoms with E-state index in [0.29, 0.717) is 12.8 Å². The molecule has 0 aliphatic carbocycles. The molecule has 70 valence electrons. The molecule has 11 heavy (non-hydrogen) atoms. The summed E-state index contributed by atoms with van der Waals surface area (Å²) in [6.45, 7) is 3.65. The highest BCUT2D eigenvalue weighted by molar-refractivity contribution is 7.86. The van der Waals surface area contributed by atoms with Crippen molar-refractivity contribution in [3.8, 4) is 0 Å². The van der Waals surface area contributed by atoms with E-state index in [-0.39, 0.29) is 6.15 Å². The maximum atomic E-state index is 10.5.